The van der Waals surface area contributed by atoms with E-state index in [9.17, 15) is 4.79 Å². The van der Waals surface area contributed by atoms with Crippen molar-refractivity contribution in [1.29, 1.82) is 0 Å². The molecule has 0 bridgehead atoms. The topological polar surface area (TPSA) is 17.1 Å². The largest absolute Gasteiger partial charge is 0.299 e. The monoisotopic (exact) mass is 116 g/mol. The van der Waals surface area contributed by atoms with Crippen LogP contribution in [0.5, 0.6) is 0 Å². The van der Waals surface area contributed by atoms with Crippen LogP contribution in [0.15, 0.2) is 12.2 Å². The maximum absolute atomic E-state index is 9.32. The van der Waals surface area contributed by atoms with E-state index in [1.54, 1.807) is 13.0 Å². The van der Waals surface area contributed by atoms with Crippen LogP contribution < -0.4 is 0 Å². The molecule has 0 aliphatic carbocycles. The summed E-state index contributed by atoms with van der Waals surface area (Å²) in [5.41, 5.74) is 0. The van der Waals surface area contributed by atoms with Gasteiger partial charge in [0.2, 0.25) is 0 Å². The Balaban J connectivity index is 0. The molecule has 0 saturated heterocycles. The van der Waals surface area contributed by atoms with Gasteiger partial charge in [-0.05, 0) is 23.2 Å². The van der Waals surface area contributed by atoms with Gasteiger partial charge in [-0.2, -0.15) is 0 Å². The Labute approximate surface area is 47.8 Å². The molecule has 0 spiro atoms. The SMILES string of the molecule is CC=CC=O.C[SiH3]. The third-order valence-electron chi connectivity index (χ3n) is 0.271. The number of hydrogen-bond donors (Lipinski definition) is 0. The minimum Gasteiger partial charge on any atom is -0.299 e. The molecule has 0 fully saturated rings. The van der Waals surface area contributed by atoms with Gasteiger partial charge in [0, 0.05) is 0 Å². The predicted octanol–water partition coefficient (Wildman–Crippen LogP) is 0.161. The van der Waals surface area contributed by atoms with Crippen molar-refractivity contribution in [3.63, 3.8) is 0 Å². The Bertz CT molecular complexity index is 50.0. The van der Waals surface area contributed by atoms with Crippen LogP contribution in [0.25, 0.3) is 0 Å². The highest BCUT2D eigenvalue weighted by atomic mass is 28.1. The molecule has 0 heterocycles. The van der Waals surface area contributed by atoms with Gasteiger partial charge in [-0.1, -0.05) is 12.6 Å². The van der Waals surface area contributed by atoms with Gasteiger partial charge >= 0.3 is 0 Å². The molecule has 2 heteroatoms. The maximum atomic E-state index is 9.32. The van der Waals surface area contributed by atoms with Gasteiger partial charge in [-0.3, -0.25) is 4.79 Å². The van der Waals surface area contributed by atoms with E-state index in [-0.39, 0.29) is 0 Å². The number of aldehydes is 1. The van der Waals surface area contributed by atoms with Crippen molar-refractivity contribution >= 4 is 16.5 Å². The zero-order chi connectivity index (χ0) is 6.12. The molecule has 42 valence electrons. The second kappa shape index (κ2) is 17.5. The van der Waals surface area contributed by atoms with Crippen LogP contribution in [0.2, 0.25) is 6.55 Å². The second-order valence-electron chi connectivity index (χ2n) is 0.662. The summed E-state index contributed by atoms with van der Waals surface area (Å²) in [6, 6.07) is 0. The first-order valence-electron chi connectivity index (χ1n) is 2.48. The first-order valence-corrected chi connectivity index (χ1v) is 4.48. The Morgan fingerprint density at radius 3 is 1.86 bits per heavy atom. The van der Waals surface area contributed by atoms with E-state index in [1.165, 1.54) is 16.3 Å². The van der Waals surface area contributed by atoms with Crippen LogP contribution in [0.1, 0.15) is 6.92 Å². The van der Waals surface area contributed by atoms with E-state index < -0.39 is 0 Å². The Kier molecular flexibility index (Phi) is 24.4. The lowest BCUT2D eigenvalue weighted by Crippen LogP contribution is -1.50. The molecule has 0 radical (unpaired) electrons. The van der Waals surface area contributed by atoms with Gasteiger partial charge in [0.1, 0.15) is 6.29 Å². The van der Waals surface area contributed by atoms with Crippen LogP contribution in [0.4, 0.5) is 0 Å². The average molecular weight is 116 g/mol. The Morgan fingerprint density at radius 2 is 1.86 bits per heavy atom. The number of carbonyl (C=O) groups excluding carboxylic acids is 1. The molecule has 0 aromatic heterocycles. The summed E-state index contributed by atoms with van der Waals surface area (Å²) in [7, 11) is 1.31. The highest BCUT2D eigenvalue weighted by molar-refractivity contribution is 6.05. The highest BCUT2D eigenvalue weighted by Gasteiger charge is 1.48. The fourth-order valence-electron chi connectivity index (χ4n) is 0.0786. The maximum Gasteiger partial charge on any atom is 0.142 e. The van der Waals surface area contributed by atoms with E-state index >= 15 is 0 Å². The van der Waals surface area contributed by atoms with Gasteiger partial charge < -0.3 is 0 Å². The molecule has 0 aromatic rings. The smallest absolute Gasteiger partial charge is 0.142 e. The third-order valence-corrected chi connectivity index (χ3v) is 0.271. The van der Waals surface area contributed by atoms with Crippen molar-refractivity contribution in [2.75, 3.05) is 0 Å². The second-order valence-corrected chi connectivity index (χ2v) is 0.662. The van der Waals surface area contributed by atoms with Crippen LogP contribution in [0, 0.1) is 0 Å². The van der Waals surface area contributed by atoms with E-state index in [1.807, 2.05) is 0 Å². The quantitative estimate of drug-likeness (QED) is 0.271. The first kappa shape index (κ1) is 9.80. The lowest BCUT2D eigenvalue weighted by Gasteiger charge is -1.51. The molecule has 0 saturated carbocycles. The summed E-state index contributed by atoms with van der Waals surface area (Å²) in [6.45, 7) is 3.94. The molecular weight excluding hydrogens is 104 g/mol. The van der Waals surface area contributed by atoms with Crippen molar-refractivity contribution in [3.05, 3.63) is 12.2 Å². The van der Waals surface area contributed by atoms with Crippen molar-refractivity contribution < 1.29 is 4.79 Å². The summed E-state index contributed by atoms with van der Waals surface area (Å²) >= 11 is 0. The standard InChI is InChI=1S/C4H6O.CH6Si/c1-2-3-4-5;1-2/h2-4H,1H3;1-2H3. The number of carbonyl (C=O) groups is 1. The summed E-state index contributed by atoms with van der Waals surface area (Å²) in [5.74, 6) is 0. The third kappa shape index (κ3) is 28.0. The summed E-state index contributed by atoms with van der Waals surface area (Å²) in [5, 5.41) is 0. The van der Waals surface area contributed by atoms with Gasteiger partial charge in [0.05, 0.1) is 0 Å². The van der Waals surface area contributed by atoms with E-state index in [4.69, 9.17) is 0 Å². The van der Waals surface area contributed by atoms with Gasteiger partial charge in [0.15, 0.2) is 0 Å². The summed E-state index contributed by atoms with van der Waals surface area (Å²) in [4.78, 5) is 9.32. The van der Waals surface area contributed by atoms with E-state index in [0.717, 1.165) is 6.29 Å². The van der Waals surface area contributed by atoms with Crippen molar-refractivity contribution in [2.24, 2.45) is 0 Å². The highest BCUT2D eigenvalue weighted by Crippen LogP contribution is 1.55. The van der Waals surface area contributed by atoms with Crippen molar-refractivity contribution in [1.82, 2.24) is 0 Å². The molecule has 1 nitrogen and oxygen atoms in total. The van der Waals surface area contributed by atoms with Gasteiger partial charge in [-0.25, -0.2) is 0 Å². The molecule has 0 atom stereocenters. The molecule has 0 amide bonds. The van der Waals surface area contributed by atoms with Crippen molar-refractivity contribution in [3.8, 4) is 0 Å². The number of allylic oxidation sites excluding steroid dienone is 2. The minimum atomic E-state index is 0.750. The zero-order valence-electron chi connectivity index (χ0n) is 5.14. The predicted molar refractivity (Wildman–Crippen MR) is 36.7 cm³/mol. The molecule has 0 unspecified atom stereocenters. The molecule has 0 aromatic carbocycles. The number of hydrogen-bond acceptors (Lipinski definition) is 1. The fourth-order valence-corrected chi connectivity index (χ4v) is 0.0786. The number of rotatable bonds is 1. The Morgan fingerprint density at radius 1 is 1.43 bits per heavy atom. The van der Waals surface area contributed by atoms with Gasteiger partial charge in [0.25, 0.3) is 0 Å². The van der Waals surface area contributed by atoms with Crippen LogP contribution >= 0.6 is 0 Å². The van der Waals surface area contributed by atoms with E-state index in [2.05, 4.69) is 6.55 Å². The van der Waals surface area contributed by atoms with Crippen LogP contribution in [-0.2, 0) is 4.79 Å². The van der Waals surface area contributed by atoms with Crippen LogP contribution in [-0.4, -0.2) is 16.5 Å². The van der Waals surface area contributed by atoms with Crippen LogP contribution in [0.3, 0.4) is 0 Å². The summed E-state index contributed by atoms with van der Waals surface area (Å²) in [6.07, 6.45) is 3.88. The lowest BCUT2D eigenvalue weighted by molar-refractivity contribution is -0.104. The fraction of sp³-hybridized carbons (Fsp3) is 0.400. The summed E-state index contributed by atoms with van der Waals surface area (Å²) < 4.78 is 0. The lowest BCUT2D eigenvalue weighted by atomic mass is 10.6. The molecule has 0 N–H and O–H groups in total. The Hall–Kier alpha value is -0.373. The molecule has 7 heavy (non-hydrogen) atoms. The van der Waals surface area contributed by atoms with Crippen molar-refractivity contribution in [2.45, 2.75) is 13.5 Å². The minimum absolute atomic E-state index is 0.750. The molecule has 0 aliphatic heterocycles. The molecule has 0 aliphatic rings. The zero-order valence-corrected chi connectivity index (χ0v) is 7.14. The first-order chi connectivity index (χ1) is 3.41. The average Bonchev–Trinajstić information content (AvgIpc) is 1.75. The molecule has 0 rings (SSSR count). The molecular formula is C5H12OSi. The van der Waals surface area contributed by atoms with Gasteiger partial charge in [-0.15, -0.1) is 0 Å². The normalized spacial score (nSPS) is 7.71. The van der Waals surface area contributed by atoms with E-state index in [0.29, 0.717) is 0 Å².